The molecule has 1 amide bonds. The van der Waals surface area contributed by atoms with Crippen LogP contribution in [0.4, 0.5) is 5.69 Å². The minimum atomic E-state index is -1.02. The zero-order valence-corrected chi connectivity index (χ0v) is 17.1. The van der Waals surface area contributed by atoms with Gasteiger partial charge in [-0.2, -0.15) is 5.26 Å². The number of anilines is 1. The molecule has 0 fully saturated rings. The van der Waals surface area contributed by atoms with Crippen LogP contribution in [-0.2, 0) is 14.3 Å². The molecule has 0 aliphatic rings. The smallest absolute Gasteiger partial charge is 0.331 e. The molecule has 0 bridgehead atoms. The molecule has 2 aromatic rings. The van der Waals surface area contributed by atoms with Crippen molar-refractivity contribution < 1.29 is 28.5 Å². The number of amides is 1. The van der Waals surface area contributed by atoms with Gasteiger partial charge in [0.05, 0.1) is 33.0 Å². The highest BCUT2D eigenvalue weighted by atomic mass is 16.5. The highest BCUT2D eigenvalue weighted by Gasteiger charge is 2.17. The number of esters is 1. The van der Waals surface area contributed by atoms with Crippen LogP contribution in [-0.4, -0.2) is 39.3 Å². The molecule has 0 radical (unpaired) electrons. The van der Waals surface area contributed by atoms with Crippen molar-refractivity contribution in [3.8, 4) is 23.3 Å². The van der Waals surface area contributed by atoms with Crippen LogP contribution >= 0.6 is 0 Å². The van der Waals surface area contributed by atoms with Crippen LogP contribution in [0.25, 0.3) is 6.08 Å². The number of rotatable bonds is 8. The third-order valence-corrected chi connectivity index (χ3v) is 4.04. The molecule has 0 heterocycles. The number of nitriles is 1. The number of nitrogens with zero attached hydrogens (tertiary/aromatic N) is 1. The Morgan fingerprint density at radius 3 is 2.13 bits per heavy atom. The van der Waals surface area contributed by atoms with Crippen LogP contribution in [0.2, 0.25) is 0 Å². The second-order valence-corrected chi connectivity index (χ2v) is 6.05. The van der Waals surface area contributed by atoms with Gasteiger partial charge in [0, 0.05) is 11.8 Å². The zero-order chi connectivity index (χ0) is 22.1. The highest BCUT2D eigenvalue weighted by Crippen LogP contribution is 2.38. The highest BCUT2D eigenvalue weighted by molar-refractivity contribution is 5.96. The Labute approximate surface area is 174 Å². The van der Waals surface area contributed by atoms with Crippen molar-refractivity contribution in [3.63, 3.8) is 0 Å². The lowest BCUT2D eigenvalue weighted by Crippen LogP contribution is -2.29. The fourth-order valence-electron chi connectivity index (χ4n) is 2.50. The Morgan fingerprint density at radius 2 is 1.63 bits per heavy atom. The van der Waals surface area contributed by atoms with Crippen molar-refractivity contribution >= 4 is 23.6 Å². The number of methoxy groups -OCH3 is 3. The summed E-state index contributed by atoms with van der Waals surface area (Å²) in [6, 6.07) is 11.7. The van der Waals surface area contributed by atoms with Gasteiger partial charge in [0.25, 0.3) is 5.91 Å². The van der Waals surface area contributed by atoms with Crippen molar-refractivity contribution in [2.24, 2.45) is 0 Å². The van der Waals surface area contributed by atoms with Gasteiger partial charge >= 0.3 is 5.97 Å². The Balaban J connectivity index is 2.01. The summed E-state index contributed by atoms with van der Waals surface area (Å²) in [7, 11) is 4.48. The largest absolute Gasteiger partial charge is 0.493 e. The molecule has 2 rings (SSSR count). The average Bonchev–Trinajstić information content (AvgIpc) is 2.77. The Morgan fingerprint density at radius 1 is 1.03 bits per heavy atom. The number of ether oxygens (including phenoxy) is 4. The second kappa shape index (κ2) is 10.5. The molecule has 8 nitrogen and oxygen atoms in total. The lowest BCUT2D eigenvalue weighted by Gasteiger charge is -2.13. The molecule has 8 heteroatoms. The maximum Gasteiger partial charge on any atom is 0.331 e. The summed E-state index contributed by atoms with van der Waals surface area (Å²) in [4.78, 5) is 24.3. The van der Waals surface area contributed by atoms with E-state index in [1.54, 1.807) is 36.4 Å². The minimum absolute atomic E-state index is 0.438. The lowest BCUT2D eigenvalue weighted by atomic mass is 10.1. The molecule has 0 aliphatic heterocycles. The van der Waals surface area contributed by atoms with Crippen LogP contribution in [0.5, 0.6) is 17.2 Å². The number of nitrogens with one attached hydrogen (secondary N) is 1. The van der Waals surface area contributed by atoms with E-state index in [1.807, 2.05) is 6.07 Å². The molecule has 0 aliphatic carbocycles. The zero-order valence-electron chi connectivity index (χ0n) is 17.1. The third kappa shape index (κ3) is 5.75. The molecule has 0 unspecified atom stereocenters. The summed E-state index contributed by atoms with van der Waals surface area (Å²) in [5.74, 6) is 0.147. The lowest BCUT2D eigenvalue weighted by molar-refractivity contribution is -0.148. The first-order valence-electron chi connectivity index (χ1n) is 8.91. The van der Waals surface area contributed by atoms with Gasteiger partial charge in [-0.3, -0.25) is 4.79 Å². The van der Waals surface area contributed by atoms with E-state index in [2.05, 4.69) is 5.32 Å². The van der Waals surface area contributed by atoms with Crippen molar-refractivity contribution in [2.45, 2.75) is 13.0 Å². The minimum Gasteiger partial charge on any atom is -0.493 e. The molecule has 2 aromatic carbocycles. The van der Waals surface area contributed by atoms with Crippen molar-refractivity contribution in [1.82, 2.24) is 0 Å². The fraction of sp³-hybridized carbons (Fsp3) is 0.227. The predicted molar refractivity (Wildman–Crippen MR) is 110 cm³/mol. The normalized spacial score (nSPS) is 11.3. The first-order chi connectivity index (χ1) is 14.4. The van der Waals surface area contributed by atoms with E-state index in [0.29, 0.717) is 34.1 Å². The molecule has 1 atom stereocenters. The number of hydrogen-bond acceptors (Lipinski definition) is 7. The maximum absolute atomic E-state index is 12.2. The molecular weight excluding hydrogens is 388 g/mol. The summed E-state index contributed by atoms with van der Waals surface area (Å²) in [6.07, 6.45) is 1.70. The summed E-state index contributed by atoms with van der Waals surface area (Å²) >= 11 is 0. The topological polar surface area (TPSA) is 107 Å². The van der Waals surface area contributed by atoms with Gasteiger partial charge in [-0.05, 0) is 55.0 Å². The maximum atomic E-state index is 12.2. The van der Waals surface area contributed by atoms with E-state index in [-0.39, 0.29) is 0 Å². The standard InChI is InChI=1S/C22H22N2O6/c1-14(22(26)24-17-8-5-15(13-23)6-9-17)30-20(25)10-7-16-11-18(27-2)21(29-4)19(12-16)28-3/h5-12,14H,1-4H3,(H,24,26)/b10-7+/t14-/m1/s1. The summed E-state index contributed by atoms with van der Waals surface area (Å²) in [6.45, 7) is 1.46. The molecule has 0 spiro atoms. The van der Waals surface area contributed by atoms with E-state index >= 15 is 0 Å². The van der Waals surface area contributed by atoms with E-state index in [0.717, 1.165) is 0 Å². The van der Waals surface area contributed by atoms with E-state index in [4.69, 9.17) is 24.2 Å². The second-order valence-electron chi connectivity index (χ2n) is 6.05. The van der Waals surface area contributed by atoms with Crippen LogP contribution in [0.15, 0.2) is 42.5 Å². The number of hydrogen-bond donors (Lipinski definition) is 1. The number of carbonyl (C=O) groups is 2. The first kappa shape index (κ1) is 22.3. The molecule has 0 aromatic heterocycles. The van der Waals surface area contributed by atoms with Gasteiger partial charge in [-0.25, -0.2) is 4.79 Å². The van der Waals surface area contributed by atoms with Crippen LogP contribution < -0.4 is 19.5 Å². The molecule has 156 valence electrons. The van der Waals surface area contributed by atoms with Crippen molar-refractivity contribution in [2.75, 3.05) is 26.6 Å². The van der Waals surface area contributed by atoms with Gasteiger partial charge in [-0.1, -0.05) is 0 Å². The SMILES string of the molecule is COc1cc(/C=C/C(=O)O[C@H](C)C(=O)Nc2ccc(C#N)cc2)cc(OC)c1OC. The molecule has 0 saturated heterocycles. The van der Waals surface area contributed by atoms with Gasteiger partial charge in [0.1, 0.15) is 0 Å². The quantitative estimate of drug-likeness (QED) is 0.526. The molecule has 1 N–H and O–H groups in total. The number of carbonyl (C=O) groups excluding carboxylic acids is 2. The third-order valence-electron chi connectivity index (χ3n) is 4.04. The Kier molecular flexibility index (Phi) is 7.82. The fourth-order valence-corrected chi connectivity index (χ4v) is 2.50. The summed E-state index contributed by atoms with van der Waals surface area (Å²) in [5, 5.41) is 11.4. The molecule has 0 saturated carbocycles. The van der Waals surface area contributed by atoms with Gasteiger partial charge in [0.15, 0.2) is 17.6 Å². The summed E-state index contributed by atoms with van der Waals surface area (Å²) < 4.78 is 20.9. The monoisotopic (exact) mass is 410 g/mol. The van der Waals surface area contributed by atoms with Crippen LogP contribution in [0.1, 0.15) is 18.1 Å². The van der Waals surface area contributed by atoms with Gasteiger partial charge < -0.3 is 24.3 Å². The summed E-state index contributed by atoms with van der Waals surface area (Å²) in [5.41, 5.74) is 1.59. The first-order valence-corrected chi connectivity index (χ1v) is 8.91. The Hall–Kier alpha value is -3.99. The van der Waals surface area contributed by atoms with Crippen LogP contribution in [0.3, 0.4) is 0 Å². The van der Waals surface area contributed by atoms with E-state index < -0.39 is 18.0 Å². The Bertz CT molecular complexity index is 951. The van der Waals surface area contributed by atoms with Gasteiger partial charge in [0.2, 0.25) is 5.75 Å². The van der Waals surface area contributed by atoms with Crippen molar-refractivity contribution in [1.29, 1.82) is 5.26 Å². The number of benzene rings is 2. The molecular formula is C22H22N2O6. The van der Waals surface area contributed by atoms with E-state index in [1.165, 1.54) is 40.4 Å². The predicted octanol–water partition coefficient (Wildman–Crippen LogP) is 3.17. The van der Waals surface area contributed by atoms with Crippen LogP contribution in [0, 0.1) is 11.3 Å². The van der Waals surface area contributed by atoms with E-state index in [9.17, 15) is 9.59 Å². The molecule has 30 heavy (non-hydrogen) atoms. The van der Waals surface area contributed by atoms with Gasteiger partial charge in [-0.15, -0.1) is 0 Å². The van der Waals surface area contributed by atoms with Crippen molar-refractivity contribution in [3.05, 3.63) is 53.6 Å². The average molecular weight is 410 g/mol.